The highest BCUT2D eigenvalue weighted by Crippen LogP contribution is 2.20. The van der Waals surface area contributed by atoms with Crippen molar-refractivity contribution >= 4 is 45.7 Å². The Balaban J connectivity index is 1.47. The Labute approximate surface area is 163 Å². The number of aryl methyl sites for hydroxylation is 1. The summed E-state index contributed by atoms with van der Waals surface area (Å²) in [5, 5.41) is 8.00. The second kappa shape index (κ2) is 8.73. The van der Waals surface area contributed by atoms with Crippen molar-refractivity contribution in [1.29, 1.82) is 0 Å². The van der Waals surface area contributed by atoms with Crippen LogP contribution in [0.5, 0.6) is 0 Å². The molecule has 0 spiro atoms. The van der Waals surface area contributed by atoms with Gasteiger partial charge in [-0.15, -0.1) is 11.8 Å². The molecule has 0 saturated heterocycles. The summed E-state index contributed by atoms with van der Waals surface area (Å²) >= 11 is 1.30. The van der Waals surface area contributed by atoms with Crippen molar-refractivity contribution in [1.82, 2.24) is 0 Å². The van der Waals surface area contributed by atoms with Gasteiger partial charge in [-0.2, -0.15) is 0 Å². The number of carbonyl (C=O) groups excluding carboxylic acids is 2. The van der Waals surface area contributed by atoms with E-state index in [1.54, 1.807) is 0 Å². The van der Waals surface area contributed by atoms with Crippen LogP contribution in [-0.2, 0) is 9.59 Å². The van der Waals surface area contributed by atoms with Crippen LogP contribution >= 0.6 is 11.8 Å². The van der Waals surface area contributed by atoms with E-state index in [-0.39, 0.29) is 23.3 Å². The van der Waals surface area contributed by atoms with Crippen molar-refractivity contribution in [3.8, 4) is 0 Å². The Morgan fingerprint density at radius 1 is 0.815 bits per heavy atom. The molecule has 0 radical (unpaired) electrons. The maximum atomic E-state index is 12.1. The van der Waals surface area contributed by atoms with E-state index in [1.165, 1.54) is 11.8 Å². The monoisotopic (exact) mass is 378 g/mol. The minimum atomic E-state index is -0.116. The van der Waals surface area contributed by atoms with Crippen LogP contribution in [0.3, 0.4) is 0 Å². The molecule has 0 aliphatic rings. The number of anilines is 2. The average Bonchev–Trinajstić information content (AvgIpc) is 2.65. The van der Waals surface area contributed by atoms with Crippen LogP contribution in [0.2, 0.25) is 0 Å². The SMILES string of the molecule is Cc1cccc(NC(=O)CSCC(=O)Nc2ccc3ccccc3c2)c1C. The fourth-order valence-corrected chi connectivity index (χ4v) is 3.39. The highest BCUT2D eigenvalue weighted by molar-refractivity contribution is 8.00. The lowest BCUT2D eigenvalue weighted by Gasteiger charge is -2.10. The van der Waals surface area contributed by atoms with Crippen LogP contribution in [0.15, 0.2) is 60.7 Å². The molecule has 2 amide bonds. The lowest BCUT2D eigenvalue weighted by Crippen LogP contribution is -2.18. The topological polar surface area (TPSA) is 58.2 Å². The third-order valence-corrected chi connectivity index (χ3v) is 5.31. The highest BCUT2D eigenvalue weighted by Gasteiger charge is 2.09. The van der Waals surface area contributed by atoms with Gasteiger partial charge >= 0.3 is 0 Å². The van der Waals surface area contributed by atoms with Crippen molar-refractivity contribution in [3.05, 3.63) is 71.8 Å². The molecule has 0 fully saturated rings. The Kier molecular flexibility index (Phi) is 6.14. The molecule has 138 valence electrons. The smallest absolute Gasteiger partial charge is 0.234 e. The first kappa shape index (κ1) is 19.0. The predicted molar refractivity (Wildman–Crippen MR) is 114 cm³/mol. The van der Waals surface area contributed by atoms with E-state index < -0.39 is 0 Å². The zero-order valence-electron chi connectivity index (χ0n) is 15.4. The van der Waals surface area contributed by atoms with Gasteiger partial charge in [-0.3, -0.25) is 9.59 Å². The van der Waals surface area contributed by atoms with Crippen LogP contribution in [0.1, 0.15) is 11.1 Å². The molecule has 5 heteroatoms. The number of carbonyl (C=O) groups is 2. The van der Waals surface area contributed by atoms with Crippen molar-refractivity contribution in [2.24, 2.45) is 0 Å². The molecule has 0 bridgehead atoms. The zero-order chi connectivity index (χ0) is 19.2. The van der Waals surface area contributed by atoms with E-state index in [0.29, 0.717) is 0 Å². The third-order valence-electron chi connectivity index (χ3n) is 4.38. The second-order valence-corrected chi connectivity index (χ2v) is 7.38. The van der Waals surface area contributed by atoms with Gasteiger partial charge in [0.2, 0.25) is 11.8 Å². The Hall–Kier alpha value is -2.79. The first-order chi connectivity index (χ1) is 13.0. The Bertz CT molecular complexity index is 985. The number of thioether (sulfide) groups is 1. The Morgan fingerprint density at radius 2 is 1.52 bits per heavy atom. The lowest BCUT2D eigenvalue weighted by atomic mass is 10.1. The van der Waals surface area contributed by atoms with Gasteiger partial charge in [0, 0.05) is 11.4 Å². The summed E-state index contributed by atoms with van der Waals surface area (Å²) in [4.78, 5) is 24.2. The molecule has 0 aliphatic heterocycles. The molecule has 27 heavy (non-hydrogen) atoms. The van der Waals surface area contributed by atoms with Crippen LogP contribution in [-0.4, -0.2) is 23.3 Å². The van der Waals surface area contributed by atoms with E-state index in [4.69, 9.17) is 0 Å². The van der Waals surface area contributed by atoms with Gasteiger partial charge in [0.15, 0.2) is 0 Å². The molecular formula is C22H22N2O2S. The lowest BCUT2D eigenvalue weighted by molar-refractivity contribution is -0.114. The number of hydrogen-bond acceptors (Lipinski definition) is 3. The molecule has 4 nitrogen and oxygen atoms in total. The number of benzene rings is 3. The zero-order valence-corrected chi connectivity index (χ0v) is 16.2. The van der Waals surface area contributed by atoms with E-state index >= 15 is 0 Å². The molecule has 0 aromatic heterocycles. The van der Waals surface area contributed by atoms with Crippen molar-refractivity contribution in [3.63, 3.8) is 0 Å². The van der Waals surface area contributed by atoms with Crippen LogP contribution in [0.25, 0.3) is 10.8 Å². The van der Waals surface area contributed by atoms with Gasteiger partial charge < -0.3 is 10.6 Å². The maximum absolute atomic E-state index is 12.1. The number of rotatable bonds is 6. The minimum absolute atomic E-state index is 0.104. The van der Waals surface area contributed by atoms with E-state index in [2.05, 4.69) is 10.6 Å². The van der Waals surface area contributed by atoms with E-state index in [1.807, 2.05) is 74.5 Å². The average molecular weight is 378 g/mol. The van der Waals surface area contributed by atoms with Gasteiger partial charge in [-0.1, -0.05) is 42.5 Å². The number of amides is 2. The predicted octanol–water partition coefficient (Wildman–Crippen LogP) is 4.77. The van der Waals surface area contributed by atoms with Gasteiger partial charge in [0.05, 0.1) is 11.5 Å². The van der Waals surface area contributed by atoms with Crippen LogP contribution < -0.4 is 10.6 Å². The summed E-state index contributed by atoms with van der Waals surface area (Å²) in [6.07, 6.45) is 0. The van der Waals surface area contributed by atoms with Crippen molar-refractivity contribution in [2.75, 3.05) is 22.1 Å². The highest BCUT2D eigenvalue weighted by atomic mass is 32.2. The van der Waals surface area contributed by atoms with Crippen molar-refractivity contribution < 1.29 is 9.59 Å². The fraction of sp³-hybridized carbons (Fsp3) is 0.182. The summed E-state index contributed by atoms with van der Waals surface area (Å²) in [6, 6.07) is 19.6. The molecule has 3 aromatic carbocycles. The summed E-state index contributed by atoms with van der Waals surface area (Å²) in [5.41, 5.74) is 3.78. The molecule has 0 atom stereocenters. The molecule has 0 saturated carbocycles. The molecule has 3 rings (SSSR count). The van der Waals surface area contributed by atoms with E-state index in [0.717, 1.165) is 33.3 Å². The molecule has 0 aliphatic carbocycles. The maximum Gasteiger partial charge on any atom is 0.234 e. The largest absolute Gasteiger partial charge is 0.325 e. The fourth-order valence-electron chi connectivity index (χ4n) is 2.77. The van der Waals surface area contributed by atoms with Gasteiger partial charge in [0.1, 0.15) is 0 Å². The van der Waals surface area contributed by atoms with Gasteiger partial charge in [-0.05, 0) is 53.9 Å². The summed E-state index contributed by atoms with van der Waals surface area (Å²) in [7, 11) is 0. The number of fused-ring (bicyclic) bond motifs is 1. The summed E-state index contributed by atoms with van der Waals surface area (Å²) in [5.74, 6) is 0.244. The minimum Gasteiger partial charge on any atom is -0.325 e. The second-order valence-electron chi connectivity index (χ2n) is 6.40. The van der Waals surface area contributed by atoms with Crippen molar-refractivity contribution in [2.45, 2.75) is 13.8 Å². The number of hydrogen-bond donors (Lipinski definition) is 2. The Morgan fingerprint density at radius 3 is 2.30 bits per heavy atom. The normalized spacial score (nSPS) is 10.6. The molecule has 0 unspecified atom stereocenters. The van der Waals surface area contributed by atoms with Gasteiger partial charge in [0.25, 0.3) is 0 Å². The van der Waals surface area contributed by atoms with Crippen LogP contribution in [0, 0.1) is 13.8 Å². The van der Waals surface area contributed by atoms with Crippen LogP contribution in [0.4, 0.5) is 11.4 Å². The van der Waals surface area contributed by atoms with E-state index in [9.17, 15) is 9.59 Å². The summed E-state index contributed by atoms with van der Waals surface area (Å²) in [6.45, 7) is 3.99. The third kappa shape index (κ3) is 5.11. The first-order valence-corrected chi connectivity index (χ1v) is 9.91. The summed E-state index contributed by atoms with van der Waals surface area (Å²) < 4.78 is 0. The molecular weight excluding hydrogens is 356 g/mol. The molecule has 2 N–H and O–H groups in total. The van der Waals surface area contributed by atoms with Gasteiger partial charge in [-0.25, -0.2) is 0 Å². The first-order valence-electron chi connectivity index (χ1n) is 8.75. The number of nitrogens with one attached hydrogen (secondary N) is 2. The standard InChI is InChI=1S/C22H22N2O2S/c1-15-6-5-9-20(16(15)2)24-22(26)14-27-13-21(25)23-19-11-10-17-7-3-4-8-18(17)12-19/h3-12H,13-14H2,1-2H3,(H,23,25)(H,24,26). The molecule has 0 heterocycles. The molecule has 3 aromatic rings. The quantitative estimate of drug-likeness (QED) is 0.650.